The highest BCUT2D eigenvalue weighted by atomic mass is 16.6. The number of nitrogens with zero attached hydrogens (tertiary/aromatic N) is 4. The summed E-state index contributed by atoms with van der Waals surface area (Å²) in [4.78, 5) is 13.2. The molecule has 4 aromatic rings. The average Bonchev–Trinajstić information content (AvgIpc) is 3.24. The largest absolute Gasteiger partial charge is 0.495 e. The molecule has 0 N–H and O–H groups in total. The zero-order valence-corrected chi connectivity index (χ0v) is 18.8. The molecule has 0 unspecified atom stereocenters. The number of hydrogen-bond donors (Lipinski definition) is 0. The van der Waals surface area contributed by atoms with E-state index < -0.39 is 0 Å². The van der Waals surface area contributed by atoms with Crippen molar-refractivity contribution < 1.29 is 23.7 Å². The van der Waals surface area contributed by atoms with Crippen molar-refractivity contribution in [2.45, 2.75) is 25.7 Å². The maximum atomic E-state index is 6.34. The third kappa shape index (κ3) is 3.86. The molecule has 2 atom stereocenters. The summed E-state index contributed by atoms with van der Waals surface area (Å²) >= 11 is 0. The van der Waals surface area contributed by atoms with Crippen LogP contribution in [0.1, 0.15) is 24.2 Å². The first-order valence-corrected chi connectivity index (χ1v) is 10.5. The molecule has 4 heterocycles. The topological polar surface area (TPSA) is 89.8 Å². The molecule has 0 radical (unpaired) electrons. The highest BCUT2D eigenvalue weighted by Gasteiger charge is 2.32. The predicted octanol–water partition coefficient (Wildman–Crippen LogP) is 3.80. The number of pyridine rings is 2. The van der Waals surface area contributed by atoms with E-state index in [9.17, 15) is 0 Å². The third-order valence-electron chi connectivity index (χ3n) is 5.60. The van der Waals surface area contributed by atoms with Gasteiger partial charge in [-0.3, -0.25) is 0 Å². The van der Waals surface area contributed by atoms with E-state index in [-0.39, 0.29) is 12.2 Å². The van der Waals surface area contributed by atoms with Crippen LogP contribution in [-0.2, 0) is 6.54 Å². The van der Waals surface area contributed by atoms with Crippen molar-refractivity contribution in [1.29, 1.82) is 0 Å². The molecule has 0 saturated heterocycles. The van der Waals surface area contributed by atoms with Crippen LogP contribution in [0.4, 0.5) is 0 Å². The Bertz CT molecular complexity index is 1290. The fraction of sp³-hybridized carbons (Fsp3) is 0.292. The summed E-state index contributed by atoms with van der Waals surface area (Å²) in [5.74, 6) is 3.02. The Balaban J connectivity index is 1.44. The Labute approximate surface area is 190 Å². The Morgan fingerprint density at radius 1 is 0.939 bits per heavy atom. The number of aromatic nitrogens is 4. The molecule has 1 aromatic carbocycles. The van der Waals surface area contributed by atoms with Gasteiger partial charge in [0.1, 0.15) is 17.4 Å². The van der Waals surface area contributed by atoms with Crippen LogP contribution >= 0.6 is 0 Å². The molecule has 0 saturated carbocycles. The number of benzene rings is 1. The lowest BCUT2D eigenvalue weighted by molar-refractivity contribution is 0.0277. The van der Waals surface area contributed by atoms with Crippen LogP contribution in [-0.4, -0.2) is 47.0 Å². The summed E-state index contributed by atoms with van der Waals surface area (Å²) in [5, 5.41) is 0. The van der Waals surface area contributed by atoms with Gasteiger partial charge in [0.05, 0.1) is 40.4 Å². The highest BCUT2D eigenvalue weighted by Crippen LogP contribution is 2.46. The molecule has 0 aliphatic carbocycles. The van der Waals surface area contributed by atoms with Crippen LogP contribution in [0.3, 0.4) is 0 Å². The van der Waals surface area contributed by atoms with Gasteiger partial charge in [-0.2, -0.15) is 0 Å². The lowest BCUT2D eigenvalue weighted by Gasteiger charge is -2.33. The standard InChI is InChI=1S/C24H24N4O5/c1-14-22(16-5-6-21(31-4)25-10-16)33-23-19(30-3)7-15(8-20(23)32-14)12-28-13-27-18-9-17(29-2)11-26-24(18)28/h5-11,13-14,22H,12H2,1-4H3/t14-,22+/m1/s1. The Hall–Kier alpha value is -4.01. The minimum Gasteiger partial charge on any atom is -0.495 e. The average molecular weight is 448 g/mol. The first-order valence-electron chi connectivity index (χ1n) is 10.5. The van der Waals surface area contributed by atoms with Crippen molar-refractivity contribution in [1.82, 2.24) is 19.5 Å². The van der Waals surface area contributed by atoms with Crippen molar-refractivity contribution in [3.05, 3.63) is 60.2 Å². The van der Waals surface area contributed by atoms with Crippen molar-refractivity contribution in [2.24, 2.45) is 0 Å². The van der Waals surface area contributed by atoms with Gasteiger partial charge in [0.2, 0.25) is 11.6 Å². The molecule has 0 fully saturated rings. The molecule has 1 aliphatic rings. The molecule has 1 aliphatic heterocycles. The second kappa shape index (κ2) is 8.50. The Morgan fingerprint density at radius 2 is 1.82 bits per heavy atom. The van der Waals surface area contributed by atoms with Gasteiger partial charge in [0, 0.05) is 23.9 Å². The van der Waals surface area contributed by atoms with Crippen LogP contribution in [0.5, 0.6) is 28.9 Å². The monoisotopic (exact) mass is 448 g/mol. The summed E-state index contributed by atoms with van der Waals surface area (Å²) in [6.07, 6.45) is 4.63. The number of rotatable bonds is 6. The van der Waals surface area contributed by atoms with Crippen LogP contribution in [0.2, 0.25) is 0 Å². The predicted molar refractivity (Wildman–Crippen MR) is 120 cm³/mol. The summed E-state index contributed by atoms with van der Waals surface area (Å²) < 4.78 is 30.6. The maximum Gasteiger partial charge on any atom is 0.212 e. The zero-order valence-electron chi connectivity index (χ0n) is 18.8. The lowest BCUT2D eigenvalue weighted by Crippen LogP contribution is -2.31. The minimum absolute atomic E-state index is 0.226. The summed E-state index contributed by atoms with van der Waals surface area (Å²) in [6, 6.07) is 9.50. The first-order chi connectivity index (χ1) is 16.1. The van der Waals surface area contributed by atoms with E-state index in [1.165, 1.54) is 0 Å². The van der Waals surface area contributed by atoms with Gasteiger partial charge in [0.25, 0.3) is 0 Å². The van der Waals surface area contributed by atoms with Gasteiger partial charge >= 0.3 is 0 Å². The second-order valence-corrected chi connectivity index (χ2v) is 7.71. The van der Waals surface area contributed by atoms with Crippen LogP contribution < -0.4 is 23.7 Å². The Morgan fingerprint density at radius 3 is 2.55 bits per heavy atom. The highest BCUT2D eigenvalue weighted by molar-refractivity contribution is 5.72. The molecule has 9 heteroatoms. The fourth-order valence-electron chi connectivity index (χ4n) is 3.94. The van der Waals surface area contributed by atoms with E-state index in [4.69, 9.17) is 23.7 Å². The third-order valence-corrected chi connectivity index (χ3v) is 5.60. The van der Waals surface area contributed by atoms with E-state index in [1.54, 1.807) is 46.1 Å². The first kappa shape index (κ1) is 20.9. The van der Waals surface area contributed by atoms with E-state index in [1.807, 2.05) is 35.8 Å². The zero-order chi connectivity index (χ0) is 22.9. The van der Waals surface area contributed by atoms with Crippen molar-refractivity contribution in [3.8, 4) is 28.9 Å². The van der Waals surface area contributed by atoms with E-state index >= 15 is 0 Å². The van der Waals surface area contributed by atoms with Crippen molar-refractivity contribution in [3.63, 3.8) is 0 Å². The number of imidazole rings is 1. The van der Waals surface area contributed by atoms with Crippen LogP contribution in [0, 0.1) is 0 Å². The Kier molecular flexibility index (Phi) is 5.37. The van der Waals surface area contributed by atoms with Crippen molar-refractivity contribution >= 4 is 11.2 Å². The van der Waals surface area contributed by atoms with E-state index in [2.05, 4.69) is 15.0 Å². The van der Waals surface area contributed by atoms with Crippen LogP contribution in [0.15, 0.2) is 49.1 Å². The number of hydrogen-bond acceptors (Lipinski definition) is 8. The normalized spacial score (nSPS) is 17.1. The molecular formula is C24H24N4O5. The van der Waals surface area contributed by atoms with Crippen molar-refractivity contribution in [2.75, 3.05) is 21.3 Å². The second-order valence-electron chi connectivity index (χ2n) is 7.71. The molecule has 170 valence electrons. The molecule has 0 spiro atoms. The van der Waals surface area contributed by atoms with Gasteiger partial charge in [-0.25, -0.2) is 15.0 Å². The van der Waals surface area contributed by atoms with E-state index in [0.29, 0.717) is 35.4 Å². The molecule has 33 heavy (non-hydrogen) atoms. The maximum absolute atomic E-state index is 6.34. The fourth-order valence-corrected chi connectivity index (χ4v) is 3.94. The minimum atomic E-state index is -0.326. The van der Waals surface area contributed by atoms with Gasteiger partial charge in [-0.15, -0.1) is 0 Å². The smallest absolute Gasteiger partial charge is 0.212 e. The summed E-state index contributed by atoms with van der Waals surface area (Å²) in [7, 11) is 4.81. The van der Waals surface area contributed by atoms with Gasteiger partial charge in [-0.1, -0.05) is 0 Å². The molecule has 0 amide bonds. The molecule has 9 nitrogen and oxygen atoms in total. The van der Waals surface area contributed by atoms with Gasteiger partial charge in [-0.05, 0) is 30.7 Å². The lowest BCUT2D eigenvalue weighted by atomic mass is 10.0. The van der Waals surface area contributed by atoms with E-state index in [0.717, 1.165) is 22.3 Å². The number of methoxy groups -OCH3 is 3. The van der Waals surface area contributed by atoms with Crippen LogP contribution in [0.25, 0.3) is 11.2 Å². The molecule has 3 aromatic heterocycles. The quantitative estimate of drug-likeness (QED) is 0.440. The number of fused-ring (bicyclic) bond motifs is 2. The SMILES string of the molecule is COc1cnc2c(c1)ncn2Cc1cc(OC)c2c(c1)O[C@H](C)[C@@H](c1ccc(OC)nc1)O2. The molecular weight excluding hydrogens is 424 g/mol. The summed E-state index contributed by atoms with van der Waals surface area (Å²) in [6.45, 7) is 2.51. The number of ether oxygens (including phenoxy) is 5. The molecule has 5 rings (SSSR count). The summed E-state index contributed by atoms with van der Waals surface area (Å²) in [5.41, 5.74) is 3.41. The molecule has 0 bridgehead atoms. The van der Waals surface area contributed by atoms with Gasteiger partial charge in [0.15, 0.2) is 23.3 Å². The van der Waals surface area contributed by atoms with Gasteiger partial charge < -0.3 is 28.3 Å².